The summed E-state index contributed by atoms with van der Waals surface area (Å²) in [6, 6.07) is 5.30. The van der Waals surface area contributed by atoms with Crippen LogP contribution in [0.15, 0.2) is 28.1 Å². The highest BCUT2D eigenvalue weighted by Crippen LogP contribution is 2.27. The highest BCUT2D eigenvalue weighted by atomic mass is 32.2. The van der Waals surface area contributed by atoms with E-state index in [9.17, 15) is 13.2 Å². The van der Waals surface area contributed by atoms with E-state index in [0.717, 1.165) is 10.6 Å². The number of nitrogens with zero attached hydrogens (tertiary/aromatic N) is 4. The number of nitrogens with one attached hydrogen (secondary N) is 1. The Kier molecular flexibility index (Phi) is 5.02. The van der Waals surface area contributed by atoms with Crippen molar-refractivity contribution in [1.29, 1.82) is 0 Å². The molecule has 1 amide bonds. The second-order valence-corrected chi connectivity index (χ2v) is 9.89. The van der Waals surface area contributed by atoms with Gasteiger partial charge in [-0.25, -0.2) is 13.1 Å². The van der Waals surface area contributed by atoms with E-state index in [1.54, 1.807) is 17.7 Å². The van der Waals surface area contributed by atoms with Crippen LogP contribution < -0.4 is 5.32 Å². The van der Waals surface area contributed by atoms with Gasteiger partial charge in [0.25, 0.3) is 0 Å². The van der Waals surface area contributed by atoms with Crippen molar-refractivity contribution in [3.63, 3.8) is 0 Å². The number of thiophene rings is 1. The molecule has 1 aliphatic rings. The van der Waals surface area contributed by atoms with Crippen molar-refractivity contribution >= 4 is 32.9 Å². The van der Waals surface area contributed by atoms with Crippen LogP contribution in [0.5, 0.6) is 0 Å². The number of rotatable bonds is 6. The Hall–Kier alpha value is -2.53. The molecule has 28 heavy (non-hydrogen) atoms. The fourth-order valence-electron chi connectivity index (χ4n) is 3.14. The molecular weight excluding hydrogens is 402 g/mol. The van der Waals surface area contributed by atoms with Crippen LogP contribution in [-0.2, 0) is 21.1 Å². The van der Waals surface area contributed by atoms with Gasteiger partial charge in [0.1, 0.15) is 5.82 Å². The molecule has 1 fully saturated rings. The van der Waals surface area contributed by atoms with Crippen molar-refractivity contribution in [1.82, 2.24) is 19.9 Å². The summed E-state index contributed by atoms with van der Waals surface area (Å²) in [5.74, 6) is 1.39. The number of aryl methyl sites for hydroxylation is 2. The molecule has 4 heterocycles. The van der Waals surface area contributed by atoms with Crippen LogP contribution >= 0.6 is 11.3 Å². The molecule has 0 spiro atoms. The molecular formula is C17H19N5O4S2. The van der Waals surface area contributed by atoms with E-state index in [4.69, 9.17) is 4.52 Å². The second-order valence-electron chi connectivity index (χ2n) is 6.71. The van der Waals surface area contributed by atoms with Crippen LogP contribution in [0, 0.1) is 6.92 Å². The number of anilines is 1. The van der Waals surface area contributed by atoms with Gasteiger partial charge in [-0.1, -0.05) is 11.2 Å². The van der Waals surface area contributed by atoms with Gasteiger partial charge in [0, 0.05) is 18.9 Å². The fraction of sp³-hybridized carbons (Fsp3) is 0.412. The van der Waals surface area contributed by atoms with E-state index in [1.807, 2.05) is 17.5 Å². The summed E-state index contributed by atoms with van der Waals surface area (Å²) >= 11 is 1.51. The van der Waals surface area contributed by atoms with Crippen molar-refractivity contribution < 1.29 is 17.7 Å². The zero-order valence-electron chi connectivity index (χ0n) is 15.2. The van der Waals surface area contributed by atoms with Crippen LogP contribution in [0.4, 0.5) is 5.82 Å². The van der Waals surface area contributed by atoms with Crippen LogP contribution in [-0.4, -0.2) is 45.8 Å². The molecule has 0 bridgehead atoms. The highest BCUT2D eigenvalue weighted by Gasteiger charge is 2.31. The minimum atomic E-state index is -3.04. The molecule has 9 nitrogen and oxygen atoms in total. The molecule has 3 aromatic rings. The second kappa shape index (κ2) is 7.47. The smallest absolute Gasteiger partial charge is 0.227 e. The van der Waals surface area contributed by atoms with Crippen LogP contribution in [0.2, 0.25) is 0 Å². The Morgan fingerprint density at radius 1 is 1.46 bits per heavy atom. The van der Waals surface area contributed by atoms with Crippen molar-refractivity contribution in [3.8, 4) is 10.7 Å². The lowest BCUT2D eigenvalue weighted by Crippen LogP contribution is -2.19. The molecule has 0 aromatic carbocycles. The van der Waals surface area contributed by atoms with Crippen LogP contribution in [0.25, 0.3) is 10.7 Å². The molecule has 148 valence electrons. The Morgan fingerprint density at radius 2 is 2.32 bits per heavy atom. The number of amides is 1. The molecule has 1 aliphatic heterocycles. The van der Waals surface area contributed by atoms with Gasteiger partial charge in [-0.15, -0.1) is 11.3 Å². The van der Waals surface area contributed by atoms with Gasteiger partial charge < -0.3 is 9.84 Å². The summed E-state index contributed by atoms with van der Waals surface area (Å²) in [4.78, 5) is 17.6. The first-order valence-electron chi connectivity index (χ1n) is 8.82. The number of sulfone groups is 1. The lowest BCUT2D eigenvalue weighted by atomic mass is 10.2. The first kappa shape index (κ1) is 18.8. The summed E-state index contributed by atoms with van der Waals surface area (Å²) in [6.07, 6.45) is 0.980. The minimum absolute atomic E-state index is 0.0461. The largest absolute Gasteiger partial charge is 0.339 e. The number of aromatic nitrogens is 4. The molecule has 4 rings (SSSR count). The molecule has 0 aliphatic carbocycles. The third kappa shape index (κ3) is 4.14. The zero-order valence-corrected chi connectivity index (χ0v) is 16.8. The van der Waals surface area contributed by atoms with E-state index < -0.39 is 9.84 Å². The average molecular weight is 422 g/mol. The molecule has 1 unspecified atom stereocenters. The first-order chi connectivity index (χ1) is 13.4. The van der Waals surface area contributed by atoms with Gasteiger partial charge >= 0.3 is 0 Å². The molecule has 1 saturated heterocycles. The summed E-state index contributed by atoms with van der Waals surface area (Å²) < 4.78 is 30.3. The SMILES string of the molecule is Cc1cc(NC(=O)CCc2nc(-c3cccs3)no2)n(C2CCS(=O)(=O)C2)n1. The fourth-order valence-corrected chi connectivity index (χ4v) is 5.49. The average Bonchev–Trinajstić information content (AvgIpc) is 3.39. The van der Waals surface area contributed by atoms with E-state index >= 15 is 0 Å². The van der Waals surface area contributed by atoms with Gasteiger partial charge in [0.05, 0.1) is 28.1 Å². The van der Waals surface area contributed by atoms with Crippen LogP contribution in [0.1, 0.15) is 30.5 Å². The Balaban J connectivity index is 1.38. The van der Waals surface area contributed by atoms with Gasteiger partial charge in [-0.05, 0) is 24.8 Å². The van der Waals surface area contributed by atoms with Crippen LogP contribution in [0.3, 0.4) is 0 Å². The van der Waals surface area contributed by atoms with E-state index in [2.05, 4.69) is 20.6 Å². The molecule has 11 heteroatoms. The van der Waals surface area contributed by atoms with E-state index in [1.165, 1.54) is 11.3 Å². The van der Waals surface area contributed by atoms with Crippen molar-refractivity contribution in [3.05, 3.63) is 35.2 Å². The quantitative estimate of drug-likeness (QED) is 0.648. The Labute approximate surface area is 165 Å². The number of hydrogen-bond donors (Lipinski definition) is 1. The Morgan fingerprint density at radius 3 is 3.04 bits per heavy atom. The van der Waals surface area contributed by atoms with Crippen molar-refractivity contribution in [2.45, 2.75) is 32.2 Å². The maximum absolute atomic E-state index is 12.4. The predicted molar refractivity (Wildman–Crippen MR) is 104 cm³/mol. The lowest BCUT2D eigenvalue weighted by Gasteiger charge is -2.13. The predicted octanol–water partition coefficient (Wildman–Crippen LogP) is 2.23. The standard InChI is InChI=1S/C17H19N5O4S2/c1-11-9-14(22(20-11)12-6-8-28(24,25)10-12)18-15(23)4-5-16-19-17(21-26-16)13-3-2-7-27-13/h2-3,7,9,12H,4-6,8,10H2,1H3,(H,18,23). The topological polar surface area (TPSA) is 120 Å². The van der Waals surface area contributed by atoms with E-state index in [0.29, 0.717) is 30.4 Å². The number of hydrogen-bond acceptors (Lipinski definition) is 8. The zero-order chi connectivity index (χ0) is 19.7. The Bertz CT molecular complexity index is 1080. The maximum atomic E-state index is 12.4. The van der Waals surface area contributed by atoms with Gasteiger partial charge in [0.2, 0.25) is 17.6 Å². The summed E-state index contributed by atoms with van der Waals surface area (Å²) in [5.41, 5.74) is 0.720. The third-order valence-corrected chi connectivity index (χ3v) is 7.07. The van der Waals surface area contributed by atoms with Gasteiger partial charge in [-0.2, -0.15) is 10.1 Å². The monoisotopic (exact) mass is 421 g/mol. The highest BCUT2D eigenvalue weighted by molar-refractivity contribution is 7.91. The normalized spacial score (nSPS) is 18.4. The molecule has 0 radical (unpaired) electrons. The molecule has 0 saturated carbocycles. The third-order valence-electron chi connectivity index (χ3n) is 4.46. The lowest BCUT2D eigenvalue weighted by molar-refractivity contribution is -0.116. The van der Waals surface area contributed by atoms with Crippen molar-refractivity contribution in [2.75, 3.05) is 16.8 Å². The first-order valence-corrected chi connectivity index (χ1v) is 11.5. The van der Waals surface area contributed by atoms with Crippen molar-refractivity contribution in [2.24, 2.45) is 0 Å². The summed E-state index contributed by atoms with van der Waals surface area (Å²) in [5, 5.41) is 13.0. The summed E-state index contributed by atoms with van der Waals surface area (Å²) in [7, 11) is -3.04. The summed E-state index contributed by atoms with van der Waals surface area (Å²) in [6.45, 7) is 1.81. The maximum Gasteiger partial charge on any atom is 0.227 e. The number of carbonyl (C=O) groups excluding carboxylic acids is 1. The number of carbonyl (C=O) groups is 1. The van der Waals surface area contributed by atoms with Gasteiger partial charge in [0.15, 0.2) is 9.84 Å². The minimum Gasteiger partial charge on any atom is -0.339 e. The molecule has 1 N–H and O–H groups in total. The van der Waals surface area contributed by atoms with E-state index in [-0.39, 0.29) is 29.9 Å². The molecule has 1 atom stereocenters. The van der Waals surface area contributed by atoms with Gasteiger partial charge in [-0.3, -0.25) is 4.79 Å². The molecule has 3 aromatic heterocycles.